The van der Waals surface area contributed by atoms with Crippen LogP contribution in [0.1, 0.15) is 37.0 Å². The van der Waals surface area contributed by atoms with Crippen molar-refractivity contribution in [2.45, 2.75) is 26.7 Å². The van der Waals surface area contributed by atoms with Gasteiger partial charge in [-0.2, -0.15) is 0 Å². The largest absolute Gasteiger partial charge is 0.396 e. The predicted molar refractivity (Wildman–Crippen MR) is 81.8 cm³/mol. The van der Waals surface area contributed by atoms with Crippen LogP contribution in [0.4, 0.5) is 8.78 Å². The molecule has 0 aliphatic rings. The Hall–Kier alpha value is -2.02. The Morgan fingerprint density at radius 3 is 2.52 bits per heavy atom. The van der Waals surface area contributed by atoms with Crippen LogP contribution in [-0.4, -0.2) is 36.6 Å². The van der Waals surface area contributed by atoms with Crippen molar-refractivity contribution < 1.29 is 23.5 Å². The average molecular weight is 328 g/mol. The molecule has 5 nitrogen and oxygen atoms in total. The van der Waals surface area contributed by atoms with E-state index in [-0.39, 0.29) is 24.1 Å². The summed E-state index contributed by atoms with van der Waals surface area (Å²) in [5.41, 5.74) is -0.511. The third-order valence-electron chi connectivity index (χ3n) is 3.37. The third kappa shape index (κ3) is 6.73. The van der Waals surface area contributed by atoms with Crippen LogP contribution in [0.15, 0.2) is 18.2 Å². The molecule has 0 saturated heterocycles. The molecule has 1 rings (SSSR count). The molecule has 0 fully saturated rings. The topological polar surface area (TPSA) is 78.4 Å². The molecule has 1 aromatic rings. The van der Waals surface area contributed by atoms with Crippen LogP contribution in [0.25, 0.3) is 0 Å². The van der Waals surface area contributed by atoms with E-state index in [1.54, 1.807) is 0 Å². The van der Waals surface area contributed by atoms with Gasteiger partial charge < -0.3 is 15.7 Å². The van der Waals surface area contributed by atoms with Gasteiger partial charge in [0.05, 0.1) is 12.1 Å². The van der Waals surface area contributed by atoms with Gasteiger partial charge in [-0.15, -0.1) is 0 Å². The van der Waals surface area contributed by atoms with E-state index in [1.165, 1.54) is 0 Å². The predicted octanol–water partition coefficient (Wildman–Crippen LogP) is 1.61. The smallest absolute Gasteiger partial charge is 0.254 e. The number of benzene rings is 1. The third-order valence-corrected chi connectivity index (χ3v) is 3.37. The van der Waals surface area contributed by atoms with Gasteiger partial charge in [0.25, 0.3) is 5.91 Å². The molecule has 2 amide bonds. The molecule has 0 heterocycles. The minimum atomic E-state index is -0.978. The SMILES string of the molecule is CC(C)(CO)CCCNC(=O)CNC(=O)c1ccc(F)cc1F. The van der Waals surface area contributed by atoms with Gasteiger partial charge in [0, 0.05) is 19.2 Å². The zero-order chi connectivity index (χ0) is 17.5. The summed E-state index contributed by atoms with van der Waals surface area (Å²) in [6.45, 7) is 4.04. The Morgan fingerprint density at radius 2 is 1.91 bits per heavy atom. The lowest BCUT2D eigenvalue weighted by Crippen LogP contribution is -2.37. The molecule has 0 atom stereocenters. The summed E-state index contributed by atoms with van der Waals surface area (Å²) in [5.74, 6) is -2.93. The number of carbonyl (C=O) groups excluding carboxylic acids is 2. The highest BCUT2D eigenvalue weighted by atomic mass is 19.1. The molecule has 0 unspecified atom stereocenters. The van der Waals surface area contributed by atoms with Crippen LogP contribution >= 0.6 is 0 Å². The molecule has 7 heteroatoms. The molecule has 0 aromatic heterocycles. The maximum Gasteiger partial charge on any atom is 0.254 e. The lowest BCUT2D eigenvalue weighted by molar-refractivity contribution is -0.120. The van der Waals surface area contributed by atoms with Crippen molar-refractivity contribution in [3.63, 3.8) is 0 Å². The number of nitrogens with one attached hydrogen (secondary N) is 2. The maximum absolute atomic E-state index is 13.4. The molecular weight excluding hydrogens is 306 g/mol. The number of rotatable bonds is 8. The summed E-state index contributed by atoms with van der Waals surface area (Å²) in [5, 5.41) is 14.0. The zero-order valence-electron chi connectivity index (χ0n) is 13.3. The fourth-order valence-corrected chi connectivity index (χ4v) is 1.87. The molecule has 128 valence electrons. The normalized spacial score (nSPS) is 11.2. The number of aliphatic hydroxyl groups excluding tert-OH is 1. The van der Waals surface area contributed by atoms with Gasteiger partial charge in [0.1, 0.15) is 11.6 Å². The number of hydrogen-bond acceptors (Lipinski definition) is 3. The molecule has 0 aliphatic carbocycles. The number of amides is 2. The molecule has 0 spiro atoms. The second kappa shape index (κ2) is 8.57. The Balaban J connectivity index is 2.32. The number of halogens is 2. The van der Waals surface area contributed by atoms with Gasteiger partial charge in [-0.1, -0.05) is 13.8 Å². The second-order valence-electron chi connectivity index (χ2n) is 6.08. The van der Waals surface area contributed by atoms with Gasteiger partial charge in [0.2, 0.25) is 5.91 Å². The van der Waals surface area contributed by atoms with E-state index < -0.39 is 23.4 Å². The van der Waals surface area contributed by atoms with E-state index in [0.29, 0.717) is 19.0 Å². The van der Waals surface area contributed by atoms with Crippen LogP contribution < -0.4 is 10.6 Å². The first-order valence-electron chi connectivity index (χ1n) is 7.36. The molecule has 1 aromatic carbocycles. The number of carbonyl (C=O) groups is 2. The first-order valence-corrected chi connectivity index (χ1v) is 7.36. The van der Waals surface area contributed by atoms with E-state index in [1.807, 2.05) is 13.8 Å². The highest BCUT2D eigenvalue weighted by Gasteiger charge is 2.16. The molecular formula is C16H22F2N2O3. The monoisotopic (exact) mass is 328 g/mol. The van der Waals surface area contributed by atoms with Crippen molar-refractivity contribution in [1.82, 2.24) is 10.6 Å². The fraction of sp³-hybridized carbons (Fsp3) is 0.500. The summed E-state index contributed by atoms with van der Waals surface area (Å²) in [7, 11) is 0. The lowest BCUT2D eigenvalue weighted by atomic mass is 9.89. The quantitative estimate of drug-likeness (QED) is 0.635. The minimum absolute atomic E-state index is 0.0697. The number of hydrogen-bond donors (Lipinski definition) is 3. The van der Waals surface area contributed by atoms with E-state index in [0.717, 1.165) is 18.6 Å². The summed E-state index contributed by atoms with van der Waals surface area (Å²) in [4.78, 5) is 23.3. The fourth-order valence-electron chi connectivity index (χ4n) is 1.87. The van der Waals surface area contributed by atoms with E-state index >= 15 is 0 Å². The van der Waals surface area contributed by atoms with Crippen molar-refractivity contribution in [3.8, 4) is 0 Å². The van der Waals surface area contributed by atoms with Gasteiger partial charge in [-0.05, 0) is 30.4 Å². The zero-order valence-corrected chi connectivity index (χ0v) is 13.3. The van der Waals surface area contributed by atoms with E-state index in [2.05, 4.69) is 10.6 Å². The summed E-state index contributed by atoms with van der Waals surface area (Å²) in [6, 6.07) is 2.60. The molecule has 0 saturated carbocycles. The second-order valence-corrected chi connectivity index (χ2v) is 6.08. The highest BCUT2D eigenvalue weighted by molar-refractivity contribution is 5.96. The highest BCUT2D eigenvalue weighted by Crippen LogP contribution is 2.20. The lowest BCUT2D eigenvalue weighted by Gasteiger charge is -2.21. The Labute approximate surface area is 134 Å². The van der Waals surface area contributed by atoms with E-state index in [9.17, 15) is 18.4 Å². The van der Waals surface area contributed by atoms with Crippen LogP contribution in [-0.2, 0) is 4.79 Å². The average Bonchev–Trinajstić information content (AvgIpc) is 2.49. The molecule has 0 bridgehead atoms. The minimum Gasteiger partial charge on any atom is -0.396 e. The van der Waals surface area contributed by atoms with Gasteiger partial charge in [0.15, 0.2) is 0 Å². The summed E-state index contributed by atoms with van der Waals surface area (Å²) >= 11 is 0. The van der Waals surface area contributed by atoms with Crippen LogP contribution in [0.5, 0.6) is 0 Å². The molecule has 0 aliphatic heterocycles. The first-order chi connectivity index (χ1) is 10.7. The van der Waals surface area contributed by atoms with Crippen molar-refractivity contribution in [2.24, 2.45) is 5.41 Å². The van der Waals surface area contributed by atoms with Gasteiger partial charge >= 0.3 is 0 Å². The van der Waals surface area contributed by atoms with Crippen LogP contribution in [0.2, 0.25) is 0 Å². The summed E-state index contributed by atoms with van der Waals surface area (Å²) < 4.78 is 26.2. The molecule has 23 heavy (non-hydrogen) atoms. The first kappa shape index (κ1) is 19.0. The van der Waals surface area contributed by atoms with E-state index in [4.69, 9.17) is 5.11 Å². The Bertz CT molecular complexity index is 562. The molecule has 3 N–H and O–H groups in total. The number of aliphatic hydroxyl groups is 1. The van der Waals surface area contributed by atoms with Gasteiger partial charge in [-0.25, -0.2) is 8.78 Å². The standard InChI is InChI=1S/C16H22F2N2O3/c1-16(2,10-21)6-3-7-19-14(22)9-20-15(23)12-5-4-11(17)8-13(12)18/h4-5,8,21H,3,6-7,9-10H2,1-2H3,(H,19,22)(H,20,23). The van der Waals surface area contributed by atoms with Crippen LogP contribution in [0.3, 0.4) is 0 Å². The van der Waals surface area contributed by atoms with Crippen molar-refractivity contribution in [1.29, 1.82) is 0 Å². The molecule has 0 radical (unpaired) electrons. The van der Waals surface area contributed by atoms with Crippen molar-refractivity contribution in [2.75, 3.05) is 19.7 Å². The van der Waals surface area contributed by atoms with Crippen LogP contribution in [0, 0.1) is 17.0 Å². The van der Waals surface area contributed by atoms with Gasteiger partial charge in [-0.3, -0.25) is 9.59 Å². The summed E-state index contributed by atoms with van der Waals surface area (Å²) in [6.07, 6.45) is 1.44. The maximum atomic E-state index is 13.4. The Kier molecular flexibility index (Phi) is 7.09. The van der Waals surface area contributed by atoms with Crippen molar-refractivity contribution in [3.05, 3.63) is 35.4 Å². The Morgan fingerprint density at radius 1 is 1.22 bits per heavy atom. The van der Waals surface area contributed by atoms with Crippen molar-refractivity contribution >= 4 is 11.8 Å².